The molecule has 2 N–H and O–H groups in total. The van der Waals surface area contributed by atoms with Crippen LogP contribution < -0.4 is 5.32 Å². The van der Waals surface area contributed by atoms with E-state index in [0.717, 1.165) is 5.56 Å². The molecule has 0 bridgehead atoms. The third-order valence-corrected chi connectivity index (χ3v) is 2.66. The summed E-state index contributed by atoms with van der Waals surface area (Å²) in [7, 11) is 0. The summed E-state index contributed by atoms with van der Waals surface area (Å²) in [5.74, 6) is 0.0927. The summed E-state index contributed by atoms with van der Waals surface area (Å²) in [6, 6.07) is 7.85. The lowest BCUT2D eigenvalue weighted by Crippen LogP contribution is -2.28. The molecule has 0 amide bonds. The number of hydrogen-bond donors (Lipinski definition) is 2. The Morgan fingerprint density at radius 1 is 1.38 bits per heavy atom. The van der Waals surface area contributed by atoms with E-state index < -0.39 is 0 Å². The second-order valence-electron chi connectivity index (χ2n) is 4.16. The molecule has 88 valence electrons. The van der Waals surface area contributed by atoms with Gasteiger partial charge in [0.15, 0.2) is 0 Å². The number of hydrogen-bond acceptors (Lipinski definition) is 2. The largest absolute Gasteiger partial charge is 0.512 e. The zero-order valence-electron chi connectivity index (χ0n) is 9.70. The van der Waals surface area contributed by atoms with Crippen LogP contribution in [-0.2, 0) is 0 Å². The van der Waals surface area contributed by atoms with Crippen molar-refractivity contribution < 1.29 is 5.11 Å². The highest BCUT2D eigenvalue weighted by molar-refractivity contribution is 6.30. The van der Waals surface area contributed by atoms with Crippen molar-refractivity contribution in [3.63, 3.8) is 0 Å². The Bertz CT molecular complexity index is 345. The van der Waals surface area contributed by atoms with Crippen LogP contribution in [0, 0.1) is 0 Å². The van der Waals surface area contributed by atoms with Crippen molar-refractivity contribution in [3.8, 4) is 0 Å². The highest BCUT2D eigenvalue weighted by Gasteiger charge is 2.14. The van der Waals surface area contributed by atoms with Crippen LogP contribution >= 0.6 is 11.6 Å². The predicted octanol–water partition coefficient (Wildman–Crippen LogP) is 3.49. The van der Waals surface area contributed by atoms with E-state index in [1.807, 2.05) is 24.3 Å². The fourth-order valence-electron chi connectivity index (χ4n) is 1.48. The summed E-state index contributed by atoms with van der Waals surface area (Å²) in [5, 5.41) is 13.6. The first-order valence-corrected chi connectivity index (χ1v) is 5.75. The fraction of sp³-hybridized carbons (Fsp3) is 0.385. The van der Waals surface area contributed by atoms with Gasteiger partial charge in [0.1, 0.15) is 0 Å². The summed E-state index contributed by atoms with van der Waals surface area (Å²) in [5.41, 5.74) is 1.02. The number of aliphatic hydroxyl groups is 1. The molecule has 0 radical (unpaired) electrons. The van der Waals surface area contributed by atoms with Gasteiger partial charge in [0.25, 0.3) is 0 Å². The second-order valence-corrected chi connectivity index (χ2v) is 4.59. The second kappa shape index (κ2) is 5.92. The lowest BCUT2D eigenvalue weighted by molar-refractivity contribution is 0.359. The van der Waals surface area contributed by atoms with Crippen molar-refractivity contribution in [2.24, 2.45) is 0 Å². The lowest BCUT2D eigenvalue weighted by atomic mass is 9.97. The molecule has 1 aromatic rings. The number of rotatable bonds is 5. The highest BCUT2D eigenvalue weighted by atomic mass is 35.5. The third kappa shape index (κ3) is 3.87. The average Bonchev–Trinajstić information content (AvgIpc) is 2.20. The predicted molar refractivity (Wildman–Crippen MR) is 69.1 cm³/mol. The van der Waals surface area contributed by atoms with Gasteiger partial charge < -0.3 is 10.4 Å². The van der Waals surface area contributed by atoms with E-state index in [1.54, 1.807) is 0 Å². The van der Waals surface area contributed by atoms with Crippen molar-refractivity contribution in [2.45, 2.75) is 25.8 Å². The van der Waals surface area contributed by atoms with Gasteiger partial charge in [0.05, 0.1) is 11.7 Å². The third-order valence-electron chi connectivity index (χ3n) is 2.40. The molecule has 1 aromatic carbocycles. The monoisotopic (exact) mass is 239 g/mol. The first-order valence-electron chi connectivity index (χ1n) is 5.37. The maximum atomic E-state index is 9.58. The van der Waals surface area contributed by atoms with Gasteiger partial charge in [0, 0.05) is 17.6 Å². The van der Waals surface area contributed by atoms with Gasteiger partial charge in [-0.05, 0) is 17.7 Å². The molecular weight excluding hydrogens is 222 g/mol. The summed E-state index contributed by atoms with van der Waals surface area (Å²) in [4.78, 5) is 0. The van der Waals surface area contributed by atoms with E-state index in [1.165, 1.54) is 0 Å². The molecule has 16 heavy (non-hydrogen) atoms. The van der Waals surface area contributed by atoms with Crippen molar-refractivity contribution >= 4 is 11.6 Å². The van der Waals surface area contributed by atoms with Crippen LogP contribution in [0.25, 0.3) is 0 Å². The van der Waals surface area contributed by atoms with Crippen LogP contribution in [0.15, 0.2) is 36.6 Å². The van der Waals surface area contributed by atoms with Gasteiger partial charge >= 0.3 is 0 Å². The molecule has 0 aliphatic rings. The number of nitrogens with one attached hydrogen (secondary N) is 1. The Hall–Kier alpha value is -0.990. The van der Waals surface area contributed by atoms with Gasteiger partial charge in [-0.25, -0.2) is 0 Å². The van der Waals surface area contributed by atoms with Crippen molar-refractivity contribution in [1.82, 2.24) is 5.32 Å². The molecule has 0 aromatic heterocycles. The van der Waals surface area contributed by atoms with E-state index in [2.05, 4.69) is 25.7 Å². The van der Waals surface area contributed by atoms with Crippen LogP contribution in [0.4, 0.5) is 0 Å². The summed E-state index contributed by atoms with van der Waals surface area (Å²) >= 11 is 5.82. The first-order chi connectivity index (χ1) is 7.50. The molecule has 0 aliphatic heterocycles. The average molecular weight is 240 g/mol. The van der Waals surface area contributed by atoms with E-state index in [9.17, 15) is 5.11 Å². The van der Waals surface area contributed by atoms with E-state index >= 15 is 0 Å². The number of halogens is 1. The Balaban J connectivity index is 2.77. The van der Waals surface area contributed by atoms with Gasteiger partial charge in [-0.1, -0.05) is 44.2 Å². The van der Waals surface area contributed by atoms with Crippen molar-refractivity contribution in [2.75, 3.05) is 6.54 Å². The Morgan fingerprint density at radius 2 is 1.94 bits per heavy atom. The van der Waals surface area contributed by atoms with Crippen molar-refractivity contribution in [3.05, 3.63) is 47.2 Å². The number of benzene rings is 1. The minimum Gasteiger partial charge on any atom is -0.512 e. The molecule has 0 saturated carbocycles. The molecule has 0 spiro atoms. The van der Waals surface area contributed by atoms with Gasteiger partial charge in [0.2, 0.25) is 0 Å². The molecule has 0 unspecified atom stereocenters. The van der Waals surface area contributed by atoms with Crippen LogP contribution in [0.1, 0.15) is 25.3 Å². The maximum absolute atomic E-state index is 9.58. The van der Waals surface area contributed by atoms with Crippen molar-refractivity contribution in [1.29, 1.82) is 0 Å². The molecule has 0 heterocycles. The van der Waals surface area contributed by atoms with E-state index in [-0.39, 0.29) is 11.7 Å². The summed E-state index contributed by atoms with van der Waals surface area (Å²) in [6.07, 6.45) is 0. The quantitative estimate of drug-likeness (QED) is 0.771. The van der Waals surface area contributed by atoms with Crippen LogP contribution in [0.2, 0.25) is 5.02 Å². The van der Waals surface area contributed by atoms with Gasteiger partial charge in [-0.15, -0.1) is 0 Å². The molecule has 0 fully saturated rings. The zero-order valence-corrected chi connectivity index (χ0v) is 10.5. The van der Waals surface area contributed by atoms with E-state index in [0.29, 0.717) is 17.6 Å². The van der Waals surface area contributed by atoms with E-state index in [4.69, 9.17) is 11.6 Å². The fourth-order valence-corrected chi connectivity index (χ4v) is 1.60. The SMILES string of the molecule is C=C(O)[C@H](CNC(C)C)c1ccc(Cl)cc1. The molecule has 0 saturated heterocycles. The molecule has 1 rings (SSSR count). The Kier molecular flexibility index (Phi) is 4.84. The van der Waals surface area contributed by atoms with Crippen LogP contribution in [0.3, 0.4) is 0 Å². The minimum absolute atomic E-state index is 0.0836. The molecular formula is C13H18ClNO. The molecule has 1 atom stereocenters. The highest BCUT2D eigenvalue weighted by Crippen LogP contribution is 2.22. The molecule has 0 aliphatic carbocycles. The number of aliphatic hydroxyl groups excluding tert-OH is 1. The minimum atomic E-state index is -0.0836. The topological polar surface area (TPSA) is 32.3 Å². The Morgan fingerprint density at radius 3 is 2.38 bits per heavy atom. The lowest BCUT2D eigenvalue weighted by Gasteiger charge is -2.18. The van der Waals surface area contributed by atoms with Gasteiger partial charge in [-0.2, -0.15) is 0 Å². The molecule has 3 heteroatoms. The standard InChI is InChI=1S/C13H18ClNO/c1-9(2)15-8-13(10(3)16)11-4-6-12(14)7-5-11/h4-7,9,13,15-16H,3,8H2,1-2H3/t13-/m0/s1. The smallest absolute Gasteiger partial charge is 0.0938 e. The van der Waals surface area contributed by atoms with Gasteiger partial charge in [-0.3, -0.25) is 0 Å². The maximum Gasteiger partial charge on any atom is 0.0938 e. The summed E-state index contributed by atoms with van der Waals surface area (Å²) < 4.78 is 0. The zero-order chi connectivity index (χ0) is 12.1. The first kappa shape index (κ1) is 13.1. The summed E-state index contributed by atoms with van der Waals surface area (Å²) in [6.45, 7) is 8.43. The molecule has 2 nitrogen and oxygen atoms in total. The Labute approximate surface area is 102 Å². The van der Waals surface area contributed by atoms with Crippen LogP contribution in [0.5, 0.6) is 0 Å². The van der Waals surface area contributed by atoms with Crippen LogP contribution in [-0.4, -0.2) is 17.7 Å². The normalized spacial score (nSPS) is 12.8.